The zero-order chi connectivity index (χ0) is 22.1. The average molecular weight is 444 g/mol. The lowest BCUT2D eigenvalue weighted by atomic mass is 9.71. The fraction of sp³-hybridized carbons (Fsp3) is 0.269. The molecule has 5 rings (SSSR count). The molecule has 1 heterocycles. The number of aromatic nitrogens is 2. The van der Waals surface area contributed by atoms with E-state index in [1.807, 2.05) is 60.9 Å². The first-order chi connectivity index (χ1) is 15.6. The van der Waals surface area contributed by atoms with Crippen LogP contribution < -0.4 is 10.5 Å². The minimum atomic E-state index is -0.222. The van der Waals surface area contributed by atoms with Gasteiger partial charge in [-0.1, -0.05) is 59.8 Å². The predicted octanol–water partition coefficient (Wildman–Crippen LogP) is 5.10. The van der Waals surface area contributed by atoms with E-state index in [4.69, 9.17) is 15.5 Å². The molecule has 2 aliphatic rings. The number of Topliss-reactive ketones (excluding diaryl/α,β-unsaturated/α-hetero) is 1. The third-order valence-corrected chi connectivity index (χ3v) is 6.75. The molecule has 0 saturated carbocycles. The molecule has 1 aromatic heterocycles. The first-order valence-electron chi connectivity index (χ1n) is 10.9. The number of benzene rings is 2. The number of thioether (sulfide) groups is 1. The fourth-order valence-corrected chi connectivity index (χ4v) is 5.10. The van der Waals surface area contributed by atoms with Gasteiger partial charge in [-0.05, 0) is 42.4 Å². The lowest BCUT2D eigenvalue weighted by Crippen LogP contribution is -2.27. The number of hydrogen-bond donors (Lipinski definition) is 1. The number of hydrogen-bond acceptors (Lipinski definition) is 6. The van der Waals surface area contributed by atoms with E-state index in [2.05, 4.69) is 4.98 Å². The van der Waals surface area contributed by atoms with Gasteiger partial charge in [0.15, 0.2) is 10.9 Å². The second kappa shape index (κ2) is 8.79. The van der Waals surface area contributed by atoms with Crippen molar-refractivity contribution < 1.29 is 9.53 Å². The van der Waals surface area contributed by atoms with E-state index in [-0.39, 0.29) is 11.7 Å². The van der Waals surface area contributed by atoms with Gasteiger partial charge >= 0.3 is 0 Å². The van der Waals surface area contributed by atoms with E-state index in [1.165, 1.54) is 17.3 Å². The molecule has 0 spiro atoms. The summed E-state index contributed by atoms with van der Waals surface area (Å²) < 4.78 is 5.95. The molecule has 2 aliphatic carbocycles. The van der Waals surface area contributed by atoms with Gasteiger partial charge in [0.25, 0.3) is 0 Å². The Hall–Kier alpha value is -3.12. The molecule has 2 aromatic carbocycles. The van der Waals surface area contributed by atoms with Crippen molar-refractivity contribution in [3.8, 4) is 5.75 Å². The molecule has 2 N–H and O–H groups in total. The monoisotopic (exact) mass is 443 g/mol. The lowest BCUT2D eigenvalue weighted by molar-refractivity contribution is -0.116. The van der Waals surface area contributed by atoms with Gasteiger partial charge in [0.2, 0.25) is 0 Å². The van der Waals surface area contributed by atoms with Crippen LogP contribution in [0.4, 0.5) is 5.82 Å². The summed E-state index contributed by atoms with van der Waals surface area (Å²) in [5.41, 5.74) is 12.5. The van der Waals surface area contributed by atoms with E-state index in [1.54, 1.807) is 0 Å². The Kier molecular flexibility index (Phi) is 5.70. The molecule has 3 aromatic rings. The van der Waals surface area contributed by atoms with Gasteiger partial charge in [-0.2, -0.15) is 0 Å². The van der Waals surface area contributed by atoms with Gasteiger partial charge in [-0.15, -0.1) is 0 Å². The highest BCUT2D eigenvalue weighted by Crippen LogP contribution is 2.46. The Balaban J connectivity index is 1.51. The van der Waals surface area contributed by atoms with Crippen LogP contribution in [0, 0.1) is 0 Å². The van der Waals surface area contributed by atoms with Crippen LogP contribution in [-0.2, 0) is 17.8 Å². The Morgan fingerprint density at radius 1 is 1.06 bits per heavy atom. The SMILES string of the molecule is CSc1nc(N)c2c(n1)CC1=C(C(=O)CCC1)C2c1ccc(OCc2ccccc2)cc1. The van der Waals surface area contributed by atoms with Crippen LogP contribution in [-0.4, -0.2) is 22.0 Å². The number of anilines is 1. The van der Waals surface area contributed by atoms with Crippen LogP contribution in [0.1, 0.15) is 47.6 Å². The molecule has 32 heavy (non-hydrogen) atoms. The zero-order valence-corrected chi connectivity index (χ0v) is 18.8. The molecule has 6 heteroatoms. The highest BCUT2D eigenvalue weighted by Gasteiger charge is 2.37. The number of carbonyl (C=O) groups is 1. The molecule has 0 aliphatic heterocycles. The molecular formula is C26H25N3O2S. The summed E-state index contributed by atoms with van der Waals surface area (Å²) in [6, 6.07) is 18.1. The van der Waals surface area contributed by atoms with Crippen molar-refractivity contribution in [1.82, 2.24) is 9.97 Å². The number of rotatable bonds is 5. The van der Waals surface area contributed by atoms with Crippen molar-refractivity contribution in [2.75, 3.05) is 12.0 Å². The van der Waals surface area contributed by atoms with Crippen LogP contribution in [0.15, 0.2) is 70.9 Å². The molecule has 0 radical (unpaired) electrons. The third kappa shape index (κ3) is 3.91. The topological polar surface area (TPSA) is 78.1 Å². The van der Waals surface area contributed by atoms with E-state index in [0.717, 1.165) is 46.5 Å². The molecular weight excluding hydrogens is 418 g/mol. The summed E-state index contributed by atoms with van der Waals surface area (Å²) in [4.78, 5) is 22.3. The Labute approximate surface area is 192 Å². The third-order valence-electron chi connectivity index (χ3n) is 6.20. The van der Waals surface area contributed by atoms with Gasteiger partial charge in [0.05, 0.1) is 5.69 Å². The second-order valence-electron chi connectivity index (χ2n) is 8.20. The molecule has 162 valence electrons. The van der Waals surface area contributed by atoms with Crippen molar-refractivity contribution >= 4 is 23.4 Å². The Morgan fingerprint density at radius 2 is 1.84 bits per heavy atom. The second-order valence-corrected chi connectivity index (χ2v) is 8.98. The number of fused-ring (bicyclic) bond motifs is 1. The Morgan fingerprint density at radius 3 is 2.59 bits per heavy atom. The molecule has 5 nitrogen and oxygen atoms in total. The summed E-state index contributed by atoms with van der Waals surface area (Å²) in [6.45, 7) is 0.512. The predicted molar refractivity (Wildman–Crippen MR) is 127 cm³/mol. The largest absolute Gasteiger partial charge is 0.489 e. The molecule has 1 atom stereocenters. The van der Waals surface area contributed by atoms with Gasteiger partial charge in [0.1, 0.15) is 18.2 Å². The van der Waals surface area contributed by atoms with Crippen molar-refractivity contribution in [1.29, 1.82) is 0 Å². The van der Waals surface area contributed by atoms with Crippen LogP contribution >= 0.6 is 11.8 Å². The van der Waals surface area contributed by atoms with E-state index in [0.29, 0.717) is 30.4 Å². The quantitative estimate of drug-likeness (QED) is 0.437. The van der Waals surface area contributed by atoms with Gasteiger partial charge in [-0.25, -0.2) is 9.97 Å². The summed E-state index contributed by atoms with van der Waals surface area (Å²) >= 11 is 1.49. The maximum atomic E-state index is 13.0. The number of carbonyl (C=O) groups excluding carboxylic acids is 1. The first-order valence-corrected chi connectivity index (χ1v) is 12.1. The summed E-state index contributed by atoms with van der Waals surface area (Å²) in [7, 11) is 0. The van der Waals surface area contributed by atoms with Crippen molar-refractivity contribution in [2.45, 2.75) is 43.4 Å². The van der Waals surface area contributed by atoms with Crippen LogP contribution in [0.25, 0.3) is 0 Å². The molecule has 0 saturated heterocycles. The van der Waals surface area contributed by atoms with Gasteiger partial charge < -0.3 is 10.5 Å². The zero-order valence-electron chi connectivity index (χ0n) is 18.0. The average Bonchev–Trinajstić information content (AvgIpc) is 2.82. The number of nitrogens with zero attached hydrogens (tertiary/aromatic N) is 2. The van der Waals surface area contributed by atoms with Gasteiger partial charge in [-0.3, -0.25) is 4.79 Å². The molecule has 0 bridgehead atoms. The molecule has 1 unspecified atom stereocenters. The number of nitrogens with two attached hydrogens (primary N) is 1. The number of ketones is 1. The number of ether oxygens (including phenoxy) is 1. The smallest absolute Gasteiger partial charge is 0.189 e. The van der Waals surface area contributed by atoms with Crippen LogP contribution in [0.5, 0.6) is 5.75 Å². The van der Waals surface area contributed by atoms with E-state index >= 15 is 0 Å². The maximum Gasteiger partial charge on any atom is 0.189 e. The standard InChI is InChI=1S/C26H25N3O2S/c1-32-26-28-20-14-18-8-5-9-21(30)22(18)23(24(20)25(27)29-26)17-10-12-19(13-11-17)31-15-16-6-3-2-4-7-16/h2-4,6-7,10-13,23H,5,8-9,14-15H2,1H3,(H2,27,28,29). The van der Waals surface area contributed by atoms with Crippen molar-refractivity contribution in [3.05, 3.63) is 88.1 Å². The summed E-state index contributed by atoms with van der Waals surface area (Å²) in [5.74, 6) is 1.26. The summed E-state index contributed by atoms with van der Waals surface area (Å²) in [6.07, 6.45) is 5.07. The highest BCUT2D eigenvalue weighted by molar-refractivity contribution is 7.98. The summed E-state index contributed by atoms with van der Waals surface area (Å²) in [5, 5.41) is 0.677. The molecule has 0 fully saturated rings. The Bertz CT molecular complexity index is 1190. The van der Waals surface area contributed by atoms with Crippen molar-refractivity contribution in [3.63, 3.8) is 0 Å². The number of nitrogen functional groups attached to an aromatic ring is 1. The number of allylic oxidation sites excluding steroid dienone is 2. The minimum Gasteiger partial charge on any atom is -0.489 e. The highest BCUT2D eigenvalue weighted by atomic mass is 32.2. The first kappa shape index (κ1) is 20.8. The fourth-order valence-electron chi connectivity index (χ4n) is 4.71. The molecule has 0 amide bonds. The van der Waals surface area contributed by atoms with Crippen molar-refractivity contribution in [2.24, 2.45) is 0 Å². The lowest BCUT2D eigenvalue weighted by Gasteiger charge is -2.33. The van der Waals surface area contributed by atoms with E-state index < -0.39 is 0 Å². The van der Waals surface area contributed by atoms with Crippen LogP contribution in [0.3, 0.4) is 0 Å². The van der Waals surface area contributed by atoms with Gasteiger partial charge in [0, 0.05) is 29.9 Å². The maximum absolute atomic E-state index is 13.0. The van der Waals surface area contributed by atoms with Crippen LogP contribution in [0.2, 0.25) is 0 Å². The normalized spacial score (nSPS) is 17.7. The minimum absolute atomic E-state index is 0.222. The van der Waals surface area contributed by atoms with E-state index in [9.17, 15) is 4.79 Å².